The maximum Gasteiger partial charge on any atom is 0.227 e. The van der Waals surface area contributed by atoms with Gasteiger partial charge < -0.3 is 25.3 Å². The molecule has 0 bridgehead atoms. The zero-order valence-electron chi connectivity index (χ0n) is 14.3. The van der Waals surface area contributed by atoms with E-state index in [1.807, 2.05) is 25.1 Å². The number of halogens is 1. The molecule has 0 aliphatic carbocycles. The van der Waals surface area contributed by atoms with E-state index >= 15 is 0 Å². The van der Waals surface area contributed by atoms with Crippen LogP contribution in [0.5, 0.6) is 11.5 Å². The topological polar surface area (TPSA) is 82.8 Å². The average Bonchev–Trinajstić information content (AvgIpc) is 2.61. The van der Waals surface area contributed by atoms with Crippen LogP contribution in [0.1, 0.15) is 25.3 Å². The van der Waals surface area contributed by atoms with Crippen LogP contribution >= 0.6 is 12.4 Å². The molecule has 1 fully saturated rings. The zero-order chi connectivity index (χ0) is 16.7. The van der Waals surface area contributed by atoms with Crippen LogP contribution in [0.15, 0.2) is 18.2 Å². The number of benzene rings is 1. The van der Waals surface area contributed by atoms with Crippen LogP contribution < -0.4 is 20.5 Å². The summed E-state index contributed by atoms with van der Waals surface area (Å²) >= 11 is 0. The minimum Gasteiger partial charge on any atom is -0.493 e. The molecule has 136 valence electrons. The fourth-order valence-electron chi connectivity index (χ4n) is 2.75. The highest BCUT2D eigenvalue weighted by molar-refractivity contribution is 5.85. The van der Waals surface area contributed by atoms with E-state index in [4.69, 9.17) is 19.9 Å². The lowest BCUT2D eigenvalue weighted by atomic mass is 9.79. The Kier molecular flexibility index (Phi) is 8.31. The Labute approximate surface area is 149 Å². The maximum absolute atomic E-state index is 12.5. The summed E-state index contributed by atoms with van der Waals surface area (Å²) in [6, 6.07) is 5.66. The van der Waals surface area contributed by atoms with Crippen molar-refractivity contribution >= 4 is 18.3 Å². The zero-order valence-corrected chi connectivity index (χ0v) is 15.1. The monoisotopic (exact) mass is 358 g/mol. The summed E-state index contributed by atoms with van der Waals surface area (Å²) in [6.07, 6.45) is 1.34. The molecule has 1 aromatic carbocycles. The molecule has 1 heterocycles. The van der Waals surface area contributed by atoms with Gasteiger partial charge in [0.25, 0.3) is 0 Å². The summed E-state index contributed by atoms with van der Waals surface area (Å²) in [6.45, 7) is 4.45. The molecule has 1 amide bonds. The van der Waals surface area contributed by atoms with Gasteiger partial charge in [-0.15, -0.1) is 12.4 Å². The number of methoxy groups -OCH3 is 1. The van der Waals surface area contributed by atoms with E-state index in [-0.39, 0.29) is 18.3 Å². The fraction of sp³-hybridized carbons (Fsp3) is 0.588. The molecule has 6 nitrogen and oxygen atoms in total. The number of ether oxygens (including phenoxy) is 3. The number of nitrogens with one attached hydrogen (secondary N) is 1. The van der Waals surface area contributed by atoms with Gasteiger partial charge in [0.2, 0.25) is 5.91 Å². The number of hydrogen-bond acceptors (Lipinski definition) is 5. The smallest absolute Gasteiger partial charge is 0.227 e. The van der Waals surface area contributed by atoms with Gasteiger partial charge in [-0.2, -0.15) is 0 Å². The van der Waals surface area contributed by atoms with E-state index in [0.29, 0.717) is 57.3 Å². The van der Waals surface area contributed by atoms with Crippen molar-refractivity contribution in [2.75, 3.05) is 33.5 Å². The van der Waals surface area contributed by atoms with Crippen LogP contribution in [0.4, 0.5) is 0 Å². The molecule has 1 aliphatic heterocycles. The van der Waals surface area contributed by atoms with Gasteiger partial charge >= 0.3 is 0 Å². The van der Waals surface area contributed by atoms with Crippen molar-refractivity contribution in [2.45, 2.75) is 26.3 Å². The largest absolute Gasteiger partial charge is 0.493 e. The lowest BCUT2D eigenvalue weighted by Gasteiger charge is -2.34. The Bertz CT molecular complexity index is 533. The highest BCUT2D eigenvalue weighted by Gasteiger charge is 2.38. The van der Waals surface area contributed by atoms with Crippen LogP contribution in [0.3, 0.4) is 0 Å². The third-order valence-corrected chi connectivity index (χ3v) is 4.30. The summed E-state index contributed by atoms with van der Waals surface area (Å²) in [5.41, 5.74) is 6.30. The molecule has 0 atom stereocenters. The van der Waals surface area contributed by atoms with Crippen LogP contribution in [-0.2, 0) is 16.1 Å². The van der Waals surface area contributed by atoms with E-state index in [2.05, 4.69) is 5.32 Å². The van der Waals surface area contributed by atoms with E-state index < -0.39 is 5.41 Å². The third-order valence-electron chi connectivity index (χ3n) is 4.30. The SMILES string of the molecule is CCOc1ccc(CNC(=O)C2(CN)CCOCC2)cc1OC.Cl. The Morgan fingerprint density at radius 2 is 2.04 bits per heavy atom. The van der Waals surface area contributed by atoms with Gasteiger partial charge in [-0.05, 0) is 37.5 Å². The first-order valence-electron chi connectivity index (χ1n) is 8.01. The predicted octanol–water partition coefficient (Wildman–Crippen LogP) is 1.89. The molecule has 0 saturated carbocycles. The summed E-state index contributed by atoms with van der Waals surface area (Å²) in [4.78, 5) is 12.5. The number of hydrogen-bond donors (Lipinski definition) is 2. The van der Waals surface area contributed by atoms with Crippen molar-refractivity contribution in [3.8, 4) is 11.5 Å². The van der Waals surface area contributed by atoms with Crippen molar-refractivity contribution < 1.29 is 19.0 Å². The van der Waals surface area contributed by atoms with Crippen LogP contribution in [0.25, 0.3) is 0 Å². The highest BCUT2D eigenvalue weighted by Crippen LogP contribution is 2.30. The van der Waals surface area contributed by atoms with Crippen molar-refractivity contribution in [1.82, 2.24) is 5.32 Å². The maximum atomic E-state index is 12.5. The predicted molar refractivity (Wildman–Crippen MR) is 94.8 cm³/mol. The number of carbonyl (C=O) groups is 1. The Morgan fingerprint density at radius 1 is 1.33 bits per heavy atom. The van der Waals surface area contributed by atoms with Crippen molar-refractivity contribution in [2.24, 2.45) is 11.1 Å². The molecule has 0 aromatic heterocycles. The molecule has 0 spiro atoms. The number of rotatable bonds is 7. The molecule has 3 N–H and O–H groups in total. The number of carbonyl (C=O) groups excluding carboxylic acids is 1. The molecule has 7 heteroatoms. The normalized spacial score (nSPS) is 16.0. The number of amides is 1. The minimum absolute atomic E-state index is 0. The first-order chi connectivity index (χ1) is 11.1. The van der Waals surface area contributed by atoms with Crippen LogP contribution in [0.2, 0.25) is 0 Å². The van der Waals surface area contributed by atoms with Crippen LogP contribution in [0, 0.1) is 5.41 Å². The van der Waals surface area contributed by atoms with Gasteiger partial charge in [0.15, 0.2) is 11.5 Å². The Morgan fingerprint density at radius 3 is 2.62 bits per heavy atom. The van der Waals surface area contributed by atoms with Gasteiger partial charge in [0.05, 0.1) is 19.1 Å². The second-order valence-corrected chi connectivity index (χ2v) is 5.70. The molecule has 1 aromatic rings. The quantitative estimate of drug-likeness (QED) is 0.777. The molecule has 2 rings (SSSR count). The molecule has 0 unspecified atom stereocenters. The van der Waals surface area contributed by atoms with Gasteiger partial charge in [-0.25, -0.2) is 0 Å². The van der Waals surface area contributed by atoms with Crippen molar-refractivity contribution in [1.29, 1.82) is 0 Å². The summed E-state index contributed by atoms with van der Waals surface area (Å²) < 4.78 is 16.2. The van der Waals surface area contributed by atoms with Gasteiger partial charge in [0, 0.05) is 26.3 Å². The Hall–Kier alpha value is -1.50. The van der Waals surface area contributed by atoms with E-state index in [1.54, 1.807) is 7.11 Å². The van der Waals surface area contributed by atoms with E-state index in [1.165, 1.54) is 0 Å². The molecule has 0 radical (unpaired) electrons. The molecule has 1 saturated heterocycles. The first-order valence-corrected chi connectivity index (χ1v) is 8.01. The Balaban J connectivity index is 0.00000288. The molecular weight excluding hydrogens is 332 g/mol. The van der Waals surface area contributed by atoms with Crippen molar-refractivity contribution in [3.05, 3.63) is 23.8 Å². The van der Waals surface area contributed by atoms with Crippen LogP contribution in [-0.4, -0.2) is 39.4 Å². The van der Waals surface area contributed by atoms with E-state index in [9.17, 15) is 4.79 Å². The standard InChI is InChI=1S/C17H26N2O4.ClH/c1-3-23-14-5-4-13(10-15(14)21-2)11-19-16(20)17(12-18)6-8-22-9-7-17;/h4-5,10H,3,6-9,11-12,18H2,1-2H3,(H,19,20);1H. The second-order valence-electron chi connectivity index (χ2n) is 5.70. The molecule has 1 aliphatic rings. The minimum atomic E-state index is -0.506. The highest BCUT2D eigenvalue weighted by atomic mass is 35.5. The average molecular weight is 359 g/mol. The second kappa shape index (κ2) is 9.71. The van der Waals surface area contributed by atoms with Gasteiger partial charge in [-0.1, -0.05) is 6.07 Å². The number of nitrogens with two attached hydrogens (primary N) is 1. The summed E-state index contributed by atoms with van der Waals surface area (Å²) in [5, 5.41) is 2.99. The summed E-state index contributed by atoms with van der Waals surface area (Å²) in [7, 11) is 1.60. The third kappa shape index (κ3) is 4.75. The fourth-order valence-corrected chi connectivity index (χ4v) is 2.75. The first kappa shape index (κ1) is 20.5. The lowest BCUT2D eigenvalue weighted by Crippen LogP contribution is -2.48. The lowest BCUT2D eigenvalue weighted by molar-refractivity contribution is -0.136. The van der Waals surface area contributed by atoms with Gasteiger partial charge in [-0.3, -0.25) is 4.79 Å². The summed E-state index contributed by atoms with van der Waals surface area (Å²) in [5.74, 6) is 1.36. The van der Waals surface area contributed by atoms with Crippen molar-refractivity contribution in [3.63, 3.8) is 0 Å². The van der Waals surface area contributed by atoms with Gasteiger partial charge in [0.1, 0.15) is 0 Å². The van der Waals surface area contributed by atoms with E-state index in [0.717, 1.165) is 5.56 Å². The molecule has 24 heavy (non-hydrogen) atoms. The molecular formula is C17H27ClN2O4.